The summed E-state index contributed by atoms with van der Waals surface area (Å²) in [4.78, 5) is 5.40. The standard InChI is InChI=1S/C19H27Cl2NO3/c1-6-14-12-16(23-10-8-17(20)21)13-15(7-2)18(14)24-11-9-22-25-19(3,4)5/h8-9,11-13,22H,6-7,10H2,1-5H3. The number of aryl methyl sites for hydroxylation is 2. The Morgan fingerprint density at radius 2 is 1.72 bits per heavy atom. The van der Waals surface area contributed by atoms with Gasteiger partial charge in [0.1, 0.15) is 28.9 Å². The molecule has 0 heterocycles. The molecule has 1 aromatic carbocycles. The van der Waals surface area contributed by atoms with E-state index in [4.69, 9.17) is 37.5 Å². The second-order valence-corrected chi connectivity index (χ2v) is 7.34. The van der Waals surface area contributed by atoms with Gasteiger partial charge in [0.05, 0.1) is 11.8 Å². The fourth-order valence-corrected chi connectivity index (χ4v) is 2.15. The average molecular weight is 388 g/mol. The fraction of sp³-hybridized carbons (Fsp3) is 0.474. The minimum atomic E-state index is -0.271. The molecule has 6 heteroatoms. The highest BCUT2D eigenvalue weighted by atomic mass is 35.5. The van der Waals surface area contributed by atoms with Crippen LogP contribution in [0.1, 0.15) is 45.7 Å². The predicted octanol–water partition coefficient (Wildman–Crippen LogP) is 5.68. The minimum absolute atomic E-state index is 0.196. The van der Waals surface area contributed by atoms with Crippen LogP contribution in [0.25, 0.3) is 0 Å². The first kappa shape index (κ1) is 21.7. The Labute approximate surface area is 160 Å². The van der Waals surface area contributed by atoms with Crippen LogP contribution >= 0.6 is 23.2 Å². The van der Waals surface area contributed by atoms with Crippen molar-refractivity contribution >= 4 is 23.2 Å². The Hall–Kier alpha value is -1.36. The van der Waals surface area contributed by atoms with Gasteiger partial charge in [0.15, 0.2) is 0 Å². The topological polar surface area (TPSA) is 39.7 Å². The largest absolute Gasteiger partial charge is 0.489 e. The Balaban J connectivity index is 2.84. The summed E-state index contributed by atoms with van der Waals surface area (Å²) in [7, 11) is 0. The fourth-order valence-electron chi connectivity index (χ4n) is 2.02. The van der Waals surface area contributed by atoms with E-state index in [0.29, 0.717) is 6.61 Å². The molecule has 0 atom stereocenters. The Kier molecular flexibility index (Phi) is 9.19. The van der Waals surface area contributed by atoms with Crippen molar-refractivity contribution in [3.8, 4) is 11.5 Å². The molecule has 1 N–H and O–H groups in total. The second-order valence-electron chi connectivity index (χ2n) is 6.34. The molecule has 0 aliphatic heterocycles. The van der Waals surface area contributed by atoms with Gasteiger partial charge in [-0.3, -0.25) is 10.3 Å². The molecular formula is C19H27Cl2NO3. The first-order valence-electron chi connectivity index (χ1n) is 8.31. The van der Waals surface area contributed by atoms with Crippen LogP contribution in [-0.2, 0) is 17.7 Å². The molecule has 0 unspecified atom stereocenters. The molecule has 1 rings (SSSR count). The van der Waals surface area contributed by atoms with E-state index in [-0.39, 0.29) is 10.1 Å². The maximum Gasteiger partial charge on any atom is 0.133 e. The van der Waals surface area contributed by atoms with Crippen LogP contribution in [0.4, 0.5) is 0 Å². The number of hydrogen-bond acceptors (Lipinski definition) is 4. The van der Waals surface area contributed by atoms with Gasteiger partial charge in [0.2, 0.25) is 0 Å². The van der Waals surface area contributed by atoms with Gasteiger partial charge in [0, 0.05) is 0 Å². The Morgan fingerprint density at radius 3 is 2.20 bits per heavy atom. The van der Waals surface area contributed by atoms with Crippen LogP contribution in [0.15, 0.2) is 35.2 Å². The van der Waals surface area contributed by atoms with E-state index in [1.165, 1.54) is 0 Å². The summed E-state index contributed by atoms with van der Waals surface area (Å²) in [6.45, 7) is 10.4. The van der Waals surface area contributed by atoms with E-state index in [1.54, 1.807) is 18.5 Å². The van der Waals surface area contributed by atoms with Crippen molar-refractivity contribution in [1.82, 2.24) is 5.48 Å². The number of ether oxygens (including phenoxy) is 2. The van der Waals surface area contributed by atoms with Crippen LogP contribution in [0.5, 0.6) is 11.5 Å². The van der Waals surface area contributed by atoms with Crippen molar-refractivity contribution < 1.29 is 14.3 Å². The second kappa shape index (κ2) is 10.6. The van der Waals surface area contributed by atoms with Gasteiger partial charge >= 0.3 is 0 Å². The van der Waals surface area contributed by atoms with Crippen molar-refractivity contribution in [2.24, 2.45) is 0 Å². The highest BCUT2D eigenvalue weighted by molar-refractivity contribution is 6.55. The lowest BCUT2D eigenvalue weighted by molar-refractivity contribution is -0.0527. The maximum atomic E-state index is 5.83. The number of nitrogens with one attached hydrogen (secondary N) is 1. The lowest BCUT2D eigenvalue weighted by Crippen LogP contribution is -2.25. The molecule has 0 aliphatic carbocycles. The van der Waals surface area contributed by atoms with Gasteiger partial charge in [-0.1, -0.05) is 37.0 Å². The van der Waals surface area contributed by atoms with E-state index < -0.39 is 0 Å². The van der Waals surface area contributed by atoms with Crippen LogP contribution in [0.3, 0.4) is 0 Å². The van der Waals surface area contributed by atoms with E-state index in [2.05, 4.69) is 19.3 Å². The van der Waals surface area contributed by atoms with Crippen molar-refractivity contribution in [2.75, 3.05) is 6.61 Å². The van der Waals surface area contributed by atoms with Gasteiger partial charge in [-0.2, -0.15) is 0 Å². The van der Waals surface area contributed by atoms with Crippen LogP contribution in [-0.4, -0.2) is 12.2 Å². The van der Waals surface area contributed by atoms with Gasteiger partial charge in [-0.25, -0.2) is 0 Å². The third kappa shape index (κ3) is 8.52. The summed E-state index contributed by atoms with van der Waals surface area (Å²) in [6, 6.07) is 3.94. The van der Waals surface area contributed by atoms with Crippen LogP contribution in [0, 0.1) is 0 Å². The third-order valence-corrected chi connectivity index (χ3v) is 3.46. The summed E-state index contributed by atoms with van der Waals surface area (Å²) in [6.07, 6.45) is 6.46. The smallest absolute Gasteiger partial charge is 0.133 e. The van der Waals surface area contributed by atoms with Crippen molar-refractivity contribution in [3.05, 3.63) is 46.3 Å². The average Bonchev–Trinajstić information content (AvgIpc) is 2.53. The first-order valence-corrected chi connectivity index (χ1v) is 9.07. The molecular weight excluding hydrogens is 361 g/mol. The normalized spacial score (nSPS) is 11.5. The Bertz CT molecular complexity index is 578. The predicted molar refractivity (Wildman–Crippen MR) is 104 cm³/mol. The first-order chi connectivity index (χ1) is 11.8. The molecule has 0 radical (unpaired) electrons. The molecule has 1 aromatic rings. The molecule has 0 amide bonds. The zero-order valence-corrected chi connectivity index (χ0v) is 17.0. The van der Waals surface area contributed by atoms with Crippen molar-refractivity contribution in [2.45, 2.75) is 53.1 Å². The zero-order valence-electron chi connectivity index (χ0n) is 15.5. The third-order valence-electron chi connectivity index (χ3n) is 3.15. The molecule has 0 spiro atoms. The lowest BCUT2D eigenvalue weighted by atomic mass is 10.0. The van der Waals surface area contributed by atoms with Crippen molar-refractivity contribution in [1.29, 1.82) is 0 Å². The van der Waals surface area contributed by atoms with E-state index >= 15 is 0 Å². The summed E-state index contributed by atoms with van der Waals surface area (Å²) < 4.78 is 11.7. The molecule has 140 valence electrons. The molecule has 0 bridgehead atoms. The molecule has 0 aromatic heterocycles. The summed E-state index contributed by atoms with van der Waals surface area (Å²) in [5.41, 5.74) is 4.62. The number of rotatable bonds is 9. The number of halogens is 2. The van der Waals surface area contributed by atoms with E-state index in [1.807, 2.05) is 32.9 Å². The molecule has 0 aliphatic rings. The summed E-state index contributed by atoms with van der Waals surface area (Å²) >= 11 is 11.2. The summed E-state index contributed by atoms with van der Waals surface area (Å²) in [5.74, 6) is 1.61. The molecule has 0 saturated carbocycles. The maximum absolute atomic E-state index is 5.83. The van der Waals surface area contributed by atoms with Crippen LogP contribution < -0.4 is 15.0 Å². The molecule has 4 nitrogen and oxygen atoms in total. The van der Waals surface area contributed by atoms with Gasteiger partial charge in [-0.15, -0.1) is 0 Å². The minimum Gasteiger partial charge on any atom is -0.489 e. The van der Waals surface area contributed by atoms with Gasteiger partial charge in [-0.05, 0) is 62.9 Å². The van der Waals surface area contributed by atoms with E-state index in [9.17, 15) is 0 Å². The summed E-state index contributed by atoms with van der Waals surface area (Å²) in [5, 5.41) is 0. The molecule has 0 fully saturated rings. The lowest BCUT2D eigenvalue weighted by Gasteiger charge is -2.18. The molecule has 25 heavy (non-hydrogen) atoms. The number of hydrogen-bond donors (Lipinski definition) is 1. The highest BCUT2D eigenvalue weighted by Crippen LogP contribution is 2.31. The van der Waals surface area contributed by atoms with Crippen molar-refractivity contribution in [3.63, 3.8) is 0 Å². The number of benzene rings is 1. The van der Waals surface area contributed by atoms with Crippen LogP contribution in [0.2, 0.25) is 0 Å². The SMILES string of the molecule is CCc1cc(OCC=C(Cl)Cl)cc(CC)c1OC=CNOC(C)(C)C. The molecule has 0 saturated heterocycles. The number of hydroxylamine groups is 1. The highest BCUT2D eigenvalue weighted by Gasteiger charge is 2.11. The monoisotopic (exact) mass is 387 g/mol. The quantitative estimate of drug-likeness (QED) is 0.437. The van der Waals surface area contributed by atoms with Gasteiger partial charge < -0.3 is 9.47 Å². The van der Waals surface area contributed by atoms with Gasteiger partial charge in [0.25, 0.3) is 0 Å². The Morgan fingerprint density at radius 1 is 1.12 bits per heavy atom. The zero-order chi connectivity index (χ0) is 18.9. The van der Waals surface area contributed by atoms with E-state index in [0.717, 1.165) is 35.5 Å².